The van der Waals surface area contributed by atoms with E-state index in [1.165, 1.54) is 0 Å². The maximum atomic E-state index is 13.8. The predicted molar refractivity (Wildman–Crippen MR) is 143 cm³/mol. The van der Waals surface area contributed by atoms with E-state index in [1.807, 2.05) is 56.3 Å². The molecule has 194 valence electrons. The van der Waals surface area contributed by atoms with E-state index in [0.29, 0.717) is 48.0 Å². The summed E-state index contributed by atoms with van der Waals surface area (Å²) in [6.45, 7) is 5.31. The number of carbonyl (C=O) groups excluding carboxylic acids is 1. The van der Waals surface area contributed by atoms with Gasteiger partial charge in [-0.05, 0) is 73.6 Å². The fourth-order valence-electron chi connectivity index (χ4n) is 4.70. The van der Waals surface area contributed by atoms with Crippen molar-refractivity contribution < 1.29 is 24.2 Å². The Morgan fingerprint density at radius 1 is 1.03 bits per heavy atom. The van der Waals surface area contributed by atoms with Gasteiger partial charge in [0.25, 0.3) is 5.91 Å². The smallest absolute Gasteiger partial charge is 0.303 e. The van der Waals surface area contributed by atoms with Crippen molar-refractivity contribution in [2.45, 2.75) is 51.7 Å². The van der Waals surface area contributed by atoms with Gasteiger partial charge in [-0.25, -0.2) is 0 Å². The first-order valence-electron chi connectivity index (χ1n) is 12.5. The van der Waals surface area contributed by atoms with Crippen molar-refractivity contribution in [2.24, 2.45) is 0 Å². The third kappa shape index (κ3) is 6.70. The zero-order valence-corrected chi connectivity index (χ0v) is 21.9. The number of rotatable bonds is 9. The quantitative estimate of drug-likeness (QED) is 0.361. The largest absolute Gasteiger partial charge is 0.487 e. The van der Waals surface area contributed by atoms with Crippen molar-refractivity contribution >= 4 is 23.5 Å². The molecule has 0 radical (unpaired) electrons. The molecule has 2 N–H and O–H groups in total. The molecule has 4 rings (SSSR count). The zero-order chi connectivity index (χ0) is 26.4. The molecule has 1 heterocycles. The molecule has 0 spiro atoms. The molecule has 0 unspecified atom stereocenters. The maximum absolute atomic E-state index is 13.8. The third-order valence-corrected chi connectivity index (χ3v) is 7.09. The van der Waals surface area contributed by atoms with Crippen LogP contribution in [0.25, 0.3) is 0 Å². The SMILES string of the molecule is Cc1cccc(C2(NC(=O)c3cc(COc4cc(C)ccc4Cl)ccc3CCC(=O)O)CCOCC2)c1. The molecule has 0 aromatic heterocycles. The van der Waals surface area contributed by atoms with Crippen LogP contribution in [-0.4, -0.2) is 30.2 Å². The second kappa shape index (κ2) is 11.8. The average Bonchev–Trinajstić information content (AvgIpc) is 2.88. The summed E-state index contributed by atoms with van der Waals surface area (Å²) < 4.78 is 11.6. The van der Waals surface area contributed by atoms with Crippen LogP contribution in [0.5, 0.6) is 5.75 Å². The van der Waals surface area contributed by atoms with Crippen molar-refractivity contribution in [1.29, 1.82) is 0 Å². The third-order valence-electron chi connectivity index (χ3n) is 6.78. The minimum atomic E-state index is -0.909. The van der Waals surface area contributed by atoms with Crippen LogP contribution in [0.15, 0.2) is 60.7 Å². The van der Waals surface area contributed by atoms with E-state index >= 15 is 0 Å². The summed E-state index contributed by atoms with van der Waals surface area (Å²) in [4.78, 5) is 25.1. The number of ether oxygens (including phenoxy) is 2. The number of hydrogen-bond donors (Lipinski definition) is 2. The molecule has 0 aliphatic carbocycles. The second-order valence-electron chi connectivity index (χ2n) is 9.63. The van der Waals surface area contributed by atoms with Crippen molar-refractivity contribution in [3.05, 3.63) is 99.1 Å². The van der Waals surface area contributed by atoms with E-state index < -0.39 is 11.5 Å². The molecule has 3 aromatic carbocycles. The number of carbonyl (C=O) groups is 2. The molecule has 3 aromatic rings. The lowest BCUT2D eigenvalue weighted by atomic mass is 9.81. The summed E-state index contributed by atoms with van der Waals surface area (Å²) >= 11 is 6.28. The highest BCUT2D eigenvalue weighted by molar-refractivity contribution is 6.32. The summed E-state index contributed by atoms with van der Waals surface area (Å²) in [6, 6.07) is 19.2. The van der Waals surface area contributed by atoms with Gasteiger partial charge in [0.05, 0.1) is 10.6 Å². The van der Waals surface area contributed by atoms with Crippen LogP contribution in [0, 0.1) is 13.8 Å². The molecule has 0 atom stereocenters. The Morgan fingerprint density at radius 3 is 2.51 bits per heavy atom. The van der Waals surface area contributed by atoms with Gasteiger partial charge < -0.3 is 19.9 Å². The highest BCUT2D eigenvalue weighted by atomic mass is 35.5. The highest BCUT2D eigenvalue weighted by Crippen LogP contribution is 2.33. The Balaban J connectivity index is 1.63. The van der Waals surface area contributed by atoms with Gasteiger partial charge in [0, 0.05) is 25.2 Å². The summed E-state index contributed by atoms with van der Waals surface area (Å²) in [7, 11) is 0. The van der Waals surface area contributed by atoms with Crippen LogP contribution >= 0.6 is 11.6 Å². The predicted octanol–water partition coefficient (Wildman–Crippen LogP) is 5.99. The van der Waals surface area contributed by atoms with Crippen LogP contribution in [0.2, 0.25) is 5.02 Å². The summed E-state index contributed by atoms with van der Waals surface area (Å²) in [5, 5.41) is 13.1. The molecule has 37 heavy (non-hydrogen) atoms. The average molecular weight is 522 g/mol. The van der Waals surface area contributed by atoms with Crippen molar-refractivity contribution in [3.63, 3.8) is 0 Å². The first-order valence-corrected chi connectivity index (χ1v) is 12.8. The van der Waals surface area contributed by atoms with Gasteiger partial charge in [-0.15, -0.1) is 0 Å². The highest BCUT2D eigenvalue weighted by Gasteiger charge is 2.36. The summed E-state index contributed by atoms with van der Waals surface area (Å²) in [5.74, 6) is -0.573. The molecule has 1 amide bonds. The Morgan fingerprint density at radius 2 is 1.78 bits per heavy atom. The van der Waals surface area contributed by atoms with Crippen LogP contribution in [0.3, 0.4) is 0 Å². The maximum Gasteiger partial charge on any atom is 0.303 e. The Hall–Kier alpha value is -3.35. The number of halogens is 1. The van der Waals surface area contributed by atoms with Crippen molar-refractivity contribution in [3.8, 4) is 5.75 Å². The van der Waals surface area contributed by atoms with E-state index in [9.17, 15) is 14.7 Å². The molecule has 1 aliphatic heterocycles. The molecule has 1 saturated heterocycles. The number of benzene rings is 3. The molecular weight excluding hydrogens is 490 g/mol. The van der Waals surface area contributed by atoms with Crippen LogP contribution in [0.1, 0.15) is 57.4 Å². The standard InChI is InChI=1S/C30H32ClNO5/c1-20-4-3-5-24(16-20)30(12-14-36-15-13-30)32-29(35)25-18-22(7-8-23(25)9-11-28(33)34)19-37-27-17-21(2)6-10-26(27)31/h3-8,10,16-18H,9,11-15,19H2,1-2H3,(H,32,35)(H,33,34). The van der Waals surface area contributed by atoms with Gasteiger partial charge in [0.2, 0.25) is 0 Å². The molecule has 6 nitrogen and oxygen atoms in total. The Bertz CT molecular complexity index is 1280. The Labute approximate surface area is 222 Å². The van der Waals surface area contributed by atoms with E-state index in [1.54, 1.807) is 12.1 Å². The summed E-state index contributed by atoms with van der Waals surface area (Å²) in [5.41, 5.74) is 4.56. The van der Waals surface area contributed by atoms with Crippen LogP contribution in [-0.2, 0) is 28.1 Å². The van der Waals surface area contributed by atoms with Gasteiger partial charge in [-0.1, -0.05) is 59.6 Å². The Kier molecular flexibility index (Phi) is 8.52. The first-order chi connectivity index (χ1) is 17.8. The number of amides is 1. The normalized spacial score (nSPS) is 14.7. The molecule has 0 bridgehead atoms. The second-order valence-corrected chi connectivity index (χ2v) is 10.0. The van der Waals surface area contributed by atoms with E-state index in [-0.39, 0.29) is 25.4 Å². The van der Waals surface area contributed by atoms with Gasteiger partial charge in [0.15, 0.2) is 0 Å². The minimum absolute atomic E-state index is 0.0636. The first kappa shape index (κ1) is 26.7. The van der Waals surface area contributed by atoms with E-state index in [2.05, 4.69) is 11.4 Å². The lowest BCUT2D eigenvalue weighted by Gasteiger charge is -2.39. The number of nitrogens with one attached hydrogen (secondary N) is 1. The van der Waals surface area contributed by atoms with Gasteiger partial charge in [-0.3, -0.25) is 9.59 Å². The molecule has 1 fully saturated rings. The number of carboxylic acid groups (broad SMARTS) is 1. The summed E-state index contributed by atoms with van der Waals surface area (Å²) in [6.07, 6.45) is 1.50. The van der Waals surface area contributed by atoms with Crippen LogP contribution in [0.4, 0.5) is 0 Å². The minimum Gasteiger partial charge on any atom is -0.487 e. The zero-order valence-electron chi connectivity index (χ0n) is 21.2. The number of aliphatic carboxylic acids is 1. The lowest BCUT2D eigenvalue weighted by molar-refractivity contribution is -0.136. The topological polar surface area (TPSA) is 84.9 Å². The molecule has 7 heteroatoms. The van der Waals surface area contributed by atoms with Gasteiger partial charge >= 0.3 is 5.97 Å². The van der Waals surface area contributed by atoms with E-state index in [0.717, 1.165) is 22.3 Å². The molecular formula is C30H32ClNO5. The monoisotopic (exact) mass is 521 g/mol. The van der Waals surface area contributed by atoms with Gasteiger partial charge in [0.1, 0.15) is 12.4 Å². The molecule has 0 saturated carbocycles. The van der Waals surface area contributed by atoms with Crippen LogP contribution < -0.4 is 10.1 Å². The number of hydrogen-bond acceptors (Lipinski definition) is 4. The van der Waals surface area contributed by atoms with E-state index in [4.69, 9.17) is 21.1 Å². The van der Waals surface area contributed by atoms with Crippen molar-refractivity contribution in [1.82, 2.24) is 5.32 Å². The number of aryl methyl sites for hydroxylation is 3. The fraction of sp³-hybridized carbons (Fsp3) is 0.333. The van der Waals surface area contributed by atoms with Gasteiger partial charge in [-0.2, -0.15) is 0 Å². The lowest BCUT2D eigenvalue weighted by Crippen LogP contribution is -2.49. The fourth-order valence-corrected chi connectivity index (χ4v) is 4.87. The molecule has 1 aliphatic rings. The number of carboxylic acids is 1. The van der Waals surface area contributed by atoms with Crippen molar-refractivity contribution in [2.75, 3.05) is 13.2 Å².